The summed E-state index contributed by atoms with van der Waals surface area (Å²) in [5.74, 6) is 1.39. The lowest BCUT2D eigenvalue weighted by Gasteiger charge is -2.43. The van der Waals surface area contributed by atoms with E-state index in [1.54, 1.807) is 6.07 Å². The SMILES string of the molecule is CCc1ccc(C(=O)N2CCN(C3CNC3)CC2)o1. The van der Waals surface area contributed by atoms with E-state index in [0.29, 0.717) is 11.8 Å². The highest BCUT2D eigenvalue weighted by atomic mass is 16.4. The van der Waals surface area contributed by atoms with Crippen molar-refractivity contribution in [2.24, 2.45) is 0 Å². The van der Waals surface area contributed by atoms with Crippen molar-refractivity contribution in [2.75, 3.05) is 39.3 Å². The molecule has 5 heteroatoms. The first-order valence-corrected chi connectivity index (χ1v) is 7.10. The normalized spacial score (nSPS) is 21.4. The summed E-state index contributed by atoms with van der Waals surface area (Å²) < 4.78 is 5.54. The number of nitrogens with one attached hydrogen (secondary N) is 1. The molecule has 19 heavy (non-hydrogen) atoms. The zero-order valence-corrected chi connectivity index (χ0v) is 11.4. The molecule has 1 N–H and O–H groups in total. The van der Waals surface area contributed by atoms with Crippen molar-refractivity contribution in [3.63, 3.8) is 0 Å². The Labute approximate surface area is 113 Å². The maximum atomic E-state index is 12.3. The molecule has 0 spiro atoms. The number of furan rings is 1. The monoisotopic (exact) mass is 263 g/mol. The van der Waals surface area contributed by atoms with Crippen molar-refractivity contribution in [1.29, 1.82) is 0 Å². The van der Waals surface area contributed by atoms with Crippen LogP contribution < -0.4 is 5.32 Å². The van der Waals surface area contributed by atoms with Crippen LogP contribution in [0, 0.1) is 0 Å². The largest absolute Gasteiger partial charge is 0.456 e. The third-order valence-electron chi connectivity index (χ3n) is 4.10. The Hall–Kier alpha value is -1.33. The Morgan fingerprint density at radius 3 is 2.58 bits per heavy atom. The average molecular weight is 263 g/mol. The van der Waals surface area contributed by atoms with Crippen LogP contribution in [0.4, 0.5) is 0 Å². The number of amides is 1. The minimum Gasteiger partial charge on any atom is -0.456 e. The van der Waals surface area contributed by atoms with Gasteiger partial charge in [0.15, 0.2) is 5.76 Å². The second-order valence-electron chi connectivity index (χ2n) is 5.26. The molecule has 2 aliphatic rings. The molecule has 0 aliphatic carbocycles. The van der Waals surface area contributed by atoms with Gasteiger partial charge in [-0.25, -0.2) is 0 Å². The van der Waals surface area contributed by atoms with Crippen LogP contribution in [0.3, 0.4) is 0 Å². The molecular formula is C14H21N3O2. The average Bonchev–Trinajstić information content (AvgIpc) is 2.85. The molecule has 0 saturated carbocycles. The van der Waals surface area contributed by atoms with Gasteiger partial charge >= 0.3 is 0 Å². The van der Waals surface area contributed by atoms with Crippen LogP contribution in [-0.2, 0) is 6.42 Å². The predicted octanol–water partition coefficient (Wildman–Crippen LogP) is 0.572. The van der Waals surface area contributed by atoms with E-state index in [0.717, 1.165) is 51.4 Å². The number of hydrogen-bond acceptors (Lipinski definition) is 4. The number of hydrogen-bond donors (Lipinski definition) is 1. The van der Waals surface area contributed by atoms with E-state index in [1.807, 2.05) is 17.9 Å². The van der Waals surface area contributed by atoms with E-state index >= 15 is 0 Å². The fraction of sp³-hybridized carbons (Fsp3) is 0.643. The highest BCUT2D eigenvalue weighted by molar-refractivity contribution is 5.91. The highest BCUT2D eigenvalue weighted by Crippen LogP contribution is 2.15. The second kappa shape index (κ2) is 5.35. The van der Waals surface area contributed by atoms with Crippen LogP contribution in [0.25, 0.3) is 0 Å². The standard InChI is InChI=1S/C14H21N3O2/c1-2-12-3-4-13(19-12)14(18)17-7-5-16(6-8-17)11-9-15-10-11/h3-4,11,15H,2,5-10H2,1H3. The molecule has 3 heterocycles. The maximum absolute atomic E-state index is 12.3. The molecule has 2 fully saturated rings. The Kier molecular flexibility index (Phi) is 3.57. The summed E-state index contributed by atoms with van der Waals surface area (Å²) in [6.45, 7) is 7.75. The van der Waals surface area contributed by atoms with Gasteiger partial charge in [0.25, 0.3) is 5.91 Å². The van der Waals surface area contributed by atoms with Gasteiger partial charge < -0.3 is 14.6 Å². The molecule has 2 saturated heterocycles. The summed E-state index contributed by atoms with van der Waals surface area (Å²) in [4.78, 5) is 16.7. The van der Waals surface area contributed by atoms with Crippen molar-refractivity contribution in [2.45, 2.75) is 19.4 Å². The molecule has 0 bridgehead atoms. The van der Waals surface area contributed by atoms with E-state index in [2.05, 4.69) is 10.2 Å². The molecule has 0 aromatic carbocycles. The third-order valence-corrected chi connectivity index (χ3v) is 4.10. The van der Waals surface area contributed by atoms with Gasteiger partial charge in [-0.2, -0.15) is 0 Å². The summed E-state index contributed by atoms with van der Waals surface area (Å²) in [5, 5.41) is 3.29. The van der Waals surface area contributed by atoms with Crippen LogP contribution in [-0.4, -0.2) is 61.0 Å². The Morgan fingerprint density at radius 1 is 1.32 bits per heavy atom. The summed E-state index contributed by atoms with van der Waals surface area (Å²) in [6, 6.07) is 4.36. The molecule has 1 aromatic heterocycles. The van der Waals surface area contributed by atoms with E-state index < -0.39 is 0 Å². The van der Waals surface area contributed by atoms with Gasteiger partial charge in [-0.1, -0.05) is 6.92 Å². The maximum Gasteiger partial charge on any atom is 0.289 e. The Balaban J connectivity index is 1.56. The van der Waals surface area contributed by atoms with Gasteiger partial charge in [0, 0.05) is 51.7 Å². The number of piperazine rings is 1. The summed E-state index contributed by atoms with van der Waals surface area (Å²) in [5.41, 5.74) is 0. The second-order valence-corrected chi connectivity index (χ2v) is 5.26. The lowest BCUT2D eigenvalue weighted by molar-refractivity contribution is 0.0476. The minimum absolute atomic E-state index is 0.0334. The van der Waals surface area contributed by atoms with Gasteiger partial charge in [-0.15, -0.1) is 0 Å². The first-order valence-electron chi connectivity index (χ1n) is 7.10. The summed E-state index contributed by atoms with van der Waals surface area (Å²) >= 11 is 0. The smallest absolute Gasteiger partial charge is 0.289 e. The molecule has 2 aliphatic heterocycles. The first kappa shape index (κ1) is 12.7. The van der Waals surface area contributed by atoms with Crippen LogP contribution in [0.15, 0.2) is 16.5 Å². The van der Waals surface area contributed by atoms with Gasteiger partial charge in [-0.3, -0.25) is 9.69 Å². The van der Waals surface area contributed by atoms with E-state index in [-0.39, 0.29) is 5.91 Å². The number of rotatable bonds is 3. The van der Waals surface area contributed by atoms with E-state index in [1.165, 1.54) is 0 Å². The molecular weight excluding hydrogens is 242 g/mol. The summed E-state index contributed by atoms with van der Waals surface area (Å²) in [7, 11) is 0. The molecule has 104 valence electrons. The van der Waals surface area contributed by atoms with Crippen molar-refractivity contribution in [3.05, 3.63) is 23.7 Å². The van der Waals surface area contributed by atoms with E-state index in [4.69, 9.17) is 4.42 Å². The lowest BCUT2D eigenvalue weighted by atomic mass is 10.1. The first-order chi connectivity index (χ1) is 9.28. The number of aryl methyl sites for hydroxylation is 1. The predicted molar refractivity (Wildman–Crippen MR) is 72.2 cm³/mol. The molecule has 1 aromatic rings. The van der Waals surface area contributed by atoms with Crippen molar-refractivity contribution >= 4 is 5.91 Å². The van der Waals surface area contributed by atoms with Crippen LogP contribution >= 0.6 is 0 Å². The van der Waals surface area contributed by atoms with Gasteiger partial charge in [0.2, 0.25) is 0 Å². The summed E-state index contributed by atoms with van der Waals surface area (Å²) in [6.07, 6.45) is 0.829. The van der Waals surface area contributed by atoms with E-state index in [9.17, 15) is 4.79 Å². The van der Waals surface area contributed by atoms with Gasteiger partial charge in [-0.05, 0) is 12.1 Å². The number of carbonyl (C=O) groups is 1. The van der Waals surface area contributed by atoms with Crippen molar-refractivity contribution in [3.8, 4) is 0 Å². The Morgan fingerprint density at radius 2 is 2.05 bits per heavy atom. The van der Waals surface area contributed by atoms with Crippen LogP contribution in [0.2, 0.25) is 0 Å². The van der Waals surface area contributed by atoms with Crippen LogP contribution in [0.1, 0.15) is 23.2 Å². The molecule has 3 rings (SSSR count). The minimum atomic E-state index is 0.0334. The molecule has 1 amide bonds. The molecule has 0 unspecified atom stereocenters. The topological polar surface area (TPSA) is 48.7 Å². The van der Waals surface area contributed by atoms with Crippen molar-refractivity contribution in [1.82, 2.24) is 15.1 Å². The highest BCUT2D eigenvalue weighted by Gasteiger charge is 2.30. The molecule has 5 nitrogen and oxygen atoms in total. The fourth-order valence-corrected chi connectivity index (χ4v) is 2.66. The Bertz CT molecular complexity index is 445. The quantitative estimate of drug-likeness (QED) is 0.866. The molecule has 0 atom stereocenters. The fourth-order valence-electron chi connectivity index (χ4n) is 2.66. The zero-order valence-electron chi connectivity index (χ0n) is 11.4. The lowest BCUT2D eigenvalue weighted by Crippen LogP contribution is -2.62. The molecule has 0 radical (unpaired) electrons. The van der Waals surface area contributed by atoms with Gasteiger partial charge in [0.05, 0.1) is 0 Å². The zero-order chi connectivity index (χ0) is 13.2. The van der Waals surface area contributed by atoms with Gasteiger partial charge in [0.1, 0.15) is 5.76 Å². The van der Waals surface area contributed by atoms with Crippen LogP contribution in [0.5, 0.6) is 0 Å². The van der Waals surface area contributed by atoms with Crippen molar-refractivity contribution < 1.29 is 9.21 Å². The number of nitrogens with zero attached hydrogens (tertiary/aromatic N) is 2. The third kappa shape index (κ3) is 2.53. The number of carbonyl (C=O) groups excluding carboxylic acids is 1.